The van der Waals surface area contributed by atoms with Crippen molar-refractivity contribution in [3.8, 4) is 6.07 Å². The van der Waals surface area contributed by atoms with Crippen LogP contribution >= 0.6 is 11.8 Å². The Balaban J connectivity index is 1.87. The van der Waals surface area contributed by atoms with Gasteiger partial charge in [-0.15, -0.1) is 0 Å². The van der Waals surface area contributed by atoms with Gasteiger partial charge in [-0.1, -0.05) is 32.1 Å². The Bertz CT molecular complexity index is 337. The molecule has 1 atom stereocenters. The standard InChI is InChI=1S/C15H24N2OS/c16-12-15(8-4-1-2-5-9-15)14(18)17-11-13-7-3-6-10-19-13/h13H,1-11H2,(H,17,18). The highest BCUT2D eigenvalue weighted by molar-refractivity contribution is 7.99. The fourth-order valence-electron chi connectivity index (χ4n) is 3.07. The average molecular weight is 280 g/mol. The van der Waals surface area contributed by atoms with Crippen molar-refractivity contribution in [2.24, 2.45) is 5.41 Å². The van der Waals surface area contributed by atoms with Crippen molar-refractivity contribution in [1.29, 1.82) is 5.26 Å². The second-order valence-electron chi connectivity index (χ2n) is 5.81. The van der Waals surface area contributed by atoms with Gasteiger partial charge < -0.3 is 5.32 Å². The van der Waals surface area contributed by atoms with Crippen LogP contribution in [0.4, 0.5) is 0 Å². The van der Waals surface area contributed by atoms with Crippen LogP contribution in [0, 0.1) is 16.7 Å². The maximum Gasteiger partial charge on any atom is 0.240 e. The van der Waals surface area contributed by atoms with E-state index in [2.05, 4.69) is 11.4 Å². The van der Waals surface area contributed by atoms with Crippen molar-refractivity contribution in [3.63, 3.8) is 0 Å². The number of thioether (sulfide) groups is 1. The van der Waals surface area contributed by atoms with Gasteiger partial charge in [-0.3, -0.25) is 4.79 Å². The van der Waals surface area contributed by atoms with Crippen molar-refractivity contribution in [2.75, 3.05) is 12.3 Å². The smallest absolute Gasteiger partial charge is 0.240 e. The maximum absolute atomic E-state index is 12.4. The normalized spacial score (nSPS) is 27.0. The first kappa shape index (κ1) is 14.7. The Morgan fingerprint density at radius 3 is 2.53 bits per heavy atom. The van der Waals surface area contributed by atoms with Gasteiger partial charge in [0.1, 0.15) is 5.41 Å². The van der Waals surface area contributed by atoms with Crippen LogP contribution in [0.2, 0.25) is 0 Å². The molecule has 1 aliphatic carbocycles. The minimum absolute atomic E-state index is 0.0110. The molecule has 0 bridgehead atoms. The number of carbonyl (C=O) groups excluding carboxylic acids is 1. The summed E-state index contributed by atoms with van der Waals surface area (Å²) in [6.07, 6.45) is 9.61. The van der Waals surface area contributed by atoms with Gasteiger partial charge in [-0.25, -0.2) is 0 Å². The highest BCUT2D eigenvalue weighted by Gasteiger charge is 2.38. The molecular weight excluding hydrogens is 256 g/mol. The van der Waals surface area contributed by atoms with Gasteiger partial charge in [0.2, 0.25) is 5.91 Å². The molecule has 0 aromatic carbocycles. The Morgan fingerprint density at radius 2 is 1.95 bits per heavy atom. The van der Waals surface area contributed by atoms with E-state index in [1.54, 1.807) is 0 Å². The third kappa shape index (κ3) is 3.89. The Kier molecular flexibility index (Phi) is 5.57. The third-order valence-corrected chi connectivity index (χ3v) is 5.77. The van der Waals surface area contributed by atoms with Crippen LogP contribution in [0.5, 0.6) is 0 Å². The van der Waals surface area contributed by atoms with E-state index >= 15 is 0 Å². The van der Waals surface area contributed by atoms with Crippen LogP contribution in [0.1, 0.15) is 57.8 Å². The number of nitrogens with zero attached hydrogens (tertiary/aromatic N) is 1. The summed E-state index contributed by atoms with van der Waals surface area (Å²) in [5.41, 5.74) is -0.740. The Morgan fingerprint density at radius 1 is 1.21 bits per heavy atom. The summed E-state index contributed by atoms with van der Waals surface area (Å²) in [5.74, 6) is 1.20. The van der Waals surface area contributed by atoms with Crippen LogP contribution < -0.4 is 5.32 Å². The zero-order valence-corrected chi connectivity index (χ0v) is 12.4. The average Bonchev–Trinajstić information content (AvgIpc) is 2.72. The van der Waals surface area contributed by atoms with Crippen LogP contribution in [0.25, 0.3) is 0 Å². The molecule has 1 amide bonds. The second-order valence-corrected chi connectivity index (χ2v) is 7.21. The molecule has 1 aliphatic heterocycles. The number of amides is 1. The van der Waals surface area contributed by atoms with E-state index in [0.29, 0.717) is 5.25 Å². The minimum atomic E-state index is -0.740. The Hall–Kier alpha value is -0.690. The highest BCUT2D eigenvalue weighted by Crippen LogP contribution is 2.35. The summed E-state index contributed by atoms with van der Waals surface area (Å²) in [6.45, 7) is 0.743. The molecule has 3 nitrogen and oxygen atoms in total. The molecule has 1 N–H and O–H groups in total. The van der Waals surface area contributed by atoms with Gasteiger partial charge in [0.15, 0.2) is 0 Å². The number of hydrogen-bond acceptors (Lipinski definition) is 3. The van der Waals surface area contributed by atoms with Crippen molar-refractivity contribution in [3.05, 3.63) is 0 Å². The van der Waals surface area contributed by atoms with Crippen LogP contribution in [-0.2, 0) is 4.79 Å². The Labute approximate surface area is 120 Å². The number of carbonyl (C=O) groups is 1. The number of nitriles is 1. The molecule has 0 aromatic heterocycles. The van der Waals surface area contributed by atoms with E-state index in [1.165, 1.54) is 25.0 Å². The molecule has 4 heteroatoms. The third-order valence-electron chi connectivity index (χ3n) is 4.37. The molecule has 0 spiro atoms. The summed E-state index contributed by atoms with van der Waals surface area (Å²) < 4.78 is 0. The number of rotatable bonds is 3. The minimum Gasteiger partial charge on any atom is -0.354 e. The topological polar surface area (TPSA) is 52.9 Å². The lowest BCUT2D eigenvalue weighted by Crippen LogP contribution is -2.42. The zero-order valence-electron chi connectivity index (χ0n) is 11.6. The molecule has 0 aromatic rings. The SMILES string of the molecule is N#CC1(C(=O)NCC2CCCCS2)CCCCCC1. The molecule has 1 saturated heterocycles. The van der Waals surface area contributed by atoms with Gasteiger partial charge in [-0.05, 0) is 31.4 Å². The van der Waals surface area contributed by atoms with E-state index in [9.17, 15) is 10.1 Å². The van der Waals surface area contributed by atoms with Gasteiger partial charge in [-0.2, -0.15) is 17.0 Å². The van der Waals surface area contributed by atoms with E-state index in [4.69, 9.17) is 0 Å². The predicted molar refractivity (Wildman–Crippen MR) is 78.9 cm³/mol. The molecule has 1 unspecified atom stereocenters. The van der Waals surface area contributed by atoms with E-state index in [0.717, 1.165) is 45.1 Å². The highest BCUT2D eigenvalue weighted by atomic mass is 32.2. The molecular formula is C15H24N2OS. The van der Waals surface area contributed by atoms with Gasteiger partial charge in [0.25, 0.3) is 0 Å². The van der Waals surface area contributed by atoms with E-state index in [-0.39, 0.29) is 5.91 Å². The molecule has 0 radical (unpaired) electrons. The summed E-state index contributed by atoms with van der Waals surface area (Å²) in [4.78, 5) is 12.4. The molecule has 2 fully saturated rings. The van der Waals surface area contributed by atoms with E-state index < -0.39 is 5.41 Å². The molecule has 1 heterocycles. The summed E-state index contributed by atoms with van der Waals surface area (Å²) >= 11 is 1.96. The first-order chi connectivity index (χ1) is 9.27. The second kappa shape index (κ2) is 7.19. The van der Waals surface area contributed by atoms with Crippen molar-refractivity contribution in [2.45, 2.75) is 63.0 Å². The summed E-state index contributed by atoms with van der Waals surface area (Å²) in [7, 11) is 0. The van der Waals surface area contributed by atoms with Crippen LogP contribution in [-0.4, -0.2) is 23.5 Å². The maximum atomic E-state index is 12.4. The van der Waals surface area contributed by atoms with Gasteiger partial charge >= 0.3 is 0 Å². The van der Waals surface area contributed by atoms with Crippen molar-refractivity contribution >= 4 is 17.7 Å². The number of nitrogens with one attached hydrogen (secondary N) is 1. The molecule has 2 aliphatic rings. The lowest BCUT2D eigenvalue weighted by Gasteiger charge is -2.26. The zero-order chi connectivity index (χ0) is 13.6. The quantitative estimate of drug-likeness (QED) is 0.807. The van der Waals surface area contributed by atoms with Crippen molar-refractivity contribution < 1.29 is 4.79 Å². The van der Waals surface area contributed by atoms with Crippen molar-refractivity contribution in [1.82, 2.24) is 5.32 Å². The lowest BCUT2D eigenvalue weighted by atomic mass is 9.81. The molecule has 1 saturated carbocycles. The fraction of sp³-hybridized carbons (Fsp3) is 0.867. The van der Waals surface area contributed by atoms with E-state index in [1.807, 2.05) is 11.8 Å². The van der Waals surface area contributed by atoms with Crippen LogP contribution in [0.3, 0.4) is 0 Å². The summed E-state index contributed by atoms with van der Waals surface area (Å²) in [6, 6.07) is 2.33. The summed E-state index contributed by atoms with van der Waals surface area (Å²) in [5, 5.41) is 13.1. The monoisotopic (exact) mass is 280 g/mol. The predicted octanol–water partition coefficient (Wildman–Crippen LogP) is 3.25. The largest absolute Gasteiger partial charge is 0.354 e. The molecule has 2 rings (SSSR count). The first-order valence-electron chi connectivity index (χ1n) is 7.58. The molecule has 19 heavy (non-hydrogen) atoms. The lowest BCUT2D eigenvalue weighted by molar-refractivity contribution is -0.128. The van der Waals surface area contributed by atoms with Gasteiger partial charge in [0, 0.05) is 11.8 Å². The fourth-order valence-corrected chi connectivity index (χ4v) is 4.30. The molecule has 106 valence electrons. The van der Waals surface area contributed by atoms with Gasteiger partial charge in [0.05, 0.1) is 6.07 Å². The van der Waals surface area contributed by atoms with Crippen LogP contribution in [0.15, 0.2) is 0 Å². The number of hydrogen-bond donors (Lipinski definition) is 1. The first-order valence-corrected chi connectivity index (χ1v) is 8.63.